The fraction of sp³-hybridized carbons (Fsp3) is 0.143. The average molecular weight is 426 g/mol. The van der Waals surface area contributed by atoms with Gasteiger partial charge in [0, 0.05) is 11.7 Å². The van der Waals surface area contributed by atoms with E-state index in [9.17, 15) is 5.11 Å². The first-order valence-electron chi connectivity index (χ1n) is 10.5. The van der Waals surface area contributed by atoms with Crippen molar-refractivity contribution >= 4 is 19.2 Å². The van der Waals surface area contributed by atoms with Gasteiger partial charge in [-0.2, -0.15) is 0 Å². The van der Waals surface area contributed by atoms with Gasteiger partial charge in [-0.1, -0.05) is 106 Å². The Kier molecular flexibility index (Phi) is 7.14. The largest absolute Gasteiger partial charge is 0.488 e. The van der Waals surface area contributed by atoms with Crippen LogP contribution in [0.15, 0.2) is 97.1 Å². The number of aliphatic hydroxyl groups excluding tert-OH is 1. The van der Waals surface area contributed by atoms with E-state index in [1.54, 1.807) is 0 Å². The van der Waals surface area contributed by atoms with Crippen molar-refractivity contribution in [1.82, 2.24) is 0 Å². The van der Waals surface area contributed by atoms with Crippen molar-refractivity contribution in [2.75, 3.05) is 0 Å². The number of hydrogen-bond acceptors (Lipinski definition) is 2. The Bertz CT molecular complexity index is 1120. The predicted octanol–water partition coefficient (Wildman–Crippen LogP) is 5.29. The quantitative estimate of drug-likeness (QED) is 0.388. The standard InChI is InChI=1S/C28H27O2P/c1-21-10-8-16-25(19-29)28(21)31-26-17-9-15-24(18-22-11-4-2-5-12-22)27(26)30-20-23-13-6-3-7-14-23/h2-17,29,31H,18-20H2,1H3. The second-order valence-corrected chi connectivity index (χ2v) is 8.91. The molecule has 1 unspecified atom stereocenters. The molecule has 0 aromatic heterocycles. The molecule has 4 aromatic rings. The van der Waals surface area contributed by atoms with E-state index in [-0.39, 0.29) is 6.61 Å². The van der Waals surface area contributed by atoms with E-state index in [0.717, 1.165) is 23.3 Å². The molecule has 31 heavy (non-hydrogen) atoms. The van der Waals surface area contributed by atoms with E-state index in [0.29, 0.717) is 15.2 Å². The van der Waals surface area contributed by atoms with Crippen molar-refractivity contribution in [1.29, 1.82) is 0 Å². The molecule has 0 aliphatic heterocycles. The maximum absolute atomic E-state index is 9.86. The lowest BCUT2D eigenvalue weighted by Gasteiger charge is -2.18. The van der Waals surface area contributed by atoms with Crippen LogP contribution in [0, 0.1) is 6.92 Å². The highest BCUT2D eigenvalue weighted by molar-refractivity contribution is 7.56. The molecule has 0 amide bonds. The number of benzene rings is 4. The van der Waals surface area contributed by atoms with Crippen molar-refractivity contribution in [3.63, 3.8) is 0 Å². The van der Waals surface area contributed by atoms with Crippen LogP contribution in [-0.2, 0) is 19.6 Å². The van der Waals surface area contributed by atoms with Gasteiger partial charge in [0.05, 0.1) is 6.61 Å². The molecule has 1 N–H and O–H groups in total. The first-order chi connectivity index (χ1) is 15.2. The van der Waals surface area contributed by atoms with Crippen LogP contribution in [0.1, 0.15) is 27.8 Å². The zero-order chi connectivity index (χ0) is 21.5. The summed E-state index contributed by atoms with van der Waals surface area (Å²) in [6.45, 7) is 2.69. The summed E-state index contributed by atoms with van der Waals surface area (Å²) in [5.41, 5.74) is 5.79. The van der Waals surface area contributed by atoms with Crippen LogP contribution in [-0.4, -0.2) is 5.11 Å². The zero-order valence-corrected chi connectivity index (χ0v) is 18.7. The molecule has 4 rings (SSSR count). The molecular weight excluding hydrogens is 399 g/mol. The molecular formula is C28H27O2P. The van der Waals surface area contributed by atoms with Gasteiger partial charge in [-0.15, -0.1) is 0 Å². The highest BCUT2D eigenvalue weighted by Crippen LogP contribution is 2.28. The van der Waals surface area contributed by atoms with Gasteiger partial charge < -0.3 is 9.84 Å². The summed E-state index contributed by atoms with van der Waals surface area (Å²) in [5.74, 6) is 0.959. The maximum Gasteiger partial charge on any atom is 0.131 e. The smallest absolute Gasteiger partial charge is 0.131 e. The summed E-state index contributed by atoms with van der Waals surface area (Å²) in [6, 6.07) is 33.3. The van der Waals surface area contributed by atoms with Gasteiger partial charge in [0.1, 0.15) is 12.4 Å². The van der Waals surface area contributed by atoms with Gasteiger partial charge in [0.2, 0.25) is 0 Å². The summed E-state index contributed by atoms with van der Waals surface area (Å²) in [5, 5.41) is 12.2. The Morgan fingerprint density at radius 3 is 2.06 bits per heavy atom. The predicted molar refractivity (Wildman–Crippen MR) is 131 cm³/mol. The molecule has 156 valence electrons. The Morgan fingerprint density at radius 2 is 1.35 bits per heavy atom. The summed E-state index contributed by atoms with van der Waals surface area (Å²) >= 11 is 0. The van der Waals surface area contributed by atoms with Gasteiger partial charge in [-0.05, 0) is 40.0 Å². The first kappa shape index (κ1) is 21.3. The molecule has 1 atom stereocenters. The molecule has 0 aliphatic carbocycles. The highest BCUT2D eigenvalue weighted by atomic mass is 31.1. The van der Waals surface area contributed by atoms with Crippen molar-refractivity contribution in [3.05, 3.63) is 125 Å². The van der Waals surface area contributed by atoms with Crippen molar-refractivity contribution in [2.24, 2.45) is 0 Å². The van der Waals surface area contributed by atoms with Gasteiger partial charge in [0.15, 0.2) is 0 Å². The molecule has 3 heteroatoms. The lowest BCUT2D eigenvalue weighted by atomic mass is 10.0. The van der Waals surface area contributed by atoms with Gasteiger partial charge in [0.25, 0.3) is 0 Å². The van der Waals surface area contributed by atoms with E-state index < -0.39 is 0 Å². The monoisotopic (exact) mass is 426 g/mol. The van der Waals surface area contributed by atoms with Crippen LogP contribution in [0.25, 0.3) is 0 Å². The average Bonchev–Trinajstić information content (AvgIpc) is 2.81. The van der Waals surface area contributed by atoms with Crippen molar-refractivity contribution in [3.8, 4) is 5.75 Å². The normalized spacial score (nSPS) is 11.2. The summed E-state index contributed by atoms with van der Waals surface area (Å²) in [7, 11) is 0.420. The molecule has 0 saturated heterocycles. The van der Waals surface area contributed by atoms with Gasteiger partial charge in [-0.3, -0.25) is 0 Å². The third-order valence-electron chi connectivity index (χ3n) is 5.35. The summed E-state index contributed by atoms with van der Waals surface area (Å²) in [6.07, 6.45) is 0.823. The molecule has 0 aliphatic rings. The highest BCUT2D eigenvalue weighted by Gasteiger charge is 2.14. The van der Waals surface area contributed by atoms with E-state index >= 15 is 0 Å². The number of aryl methyl sites for hydroxylation is 1. The molecule has 0 heterocycles. The minimum Gasteiger partial charge on any atom is -0.488 e. The summed E-state index contributed by atoms with van der Waals surface area (Å²) < 4.78 is 6.46. The van der Waals surface area contributed by atoms with Gasteiger partial charge >= 0.3 is 0 Å². The Morgan fingerprint density at radius 1 is 0.710 bits per heavy atom. The molecule has 0 bridgehead atoms. The number of rotatable bonds is 8. The fourth-order valence-corrected chi connectivity index (χ4v) is 5.11. The second-order valence-electron chi connectivity index (χ2n) is 7.62. The number of aliphatic hydroxyl groups is 1. The Labute approximate surface area is 186 Å². The SMILES string of the molecule is Cc1cccc(CO)c1Pc1cccc(Cc2ccccc2)c1OCc1ccccc1. The van der Waals surface area contributed by atoms with Crippen molar-refractivity contribution < 1.29 is 9.84 Å². The lowest BCUT2D eigenvalue weighted by molar-refractivity contribution is 0.283. The Balaban J connectivity index is 1.70. The number of hydrogen-bond donors (Lipinski definition) is 1. The van der Waals surface area contributed by atoms with Crippen LogP contribution in [0.2, 0.25) is 0 Å². The zero-order valence-electron chi connectivity index (χ0n) is 17.7. The van der Waals surface area contributed by atoms with Crippen LogP contribution in [0.4, 0.5) is 0 Å². The Hall–Kier alpha value is -2.93. The van der Waals surface area contributed by atoms with E-state index in [4.69, 9.17) is 4.74 Å². The van der Waals surface area contributed by atoms with E-state index in [2.05, 4.69) is 67.6 Å². The number of para-hydroxylation sites is 1. The second kappa shape index (κ2) is 10.4. The van der Waals surface area contributed by atoms with Crippen LogP contribution in [0.3, 0.4) is 0 Å². The topological polar surface area (TPSA) is 29.5 Å². The van der Waals surface area contributed by atoms with Gasteiger partial charge in [-0.25, -0.2) is 0 Å². The van der Waals surface area contributed by atoms with Crippen LogP contribution >= 0.6 is 8.58 Å². The molecule has 0 saturated carbocycles. The van der Waals surface area contributed by atoms with E-state index in [1.807, 2.05) is 36.4 Å². The first-order valence-corrected chi connectivity index (χ1v) is 11.5. The third kappa shape index (κ3) is 5.41. The molecule has 4 aromatic carbocycles. The molecule has 2 nitrogen and oxygen atoms in total. The summed E-state index contributed by atoms with van der Waals surface area (Å²) in [4.78, 5) is 0. The van der Waals surface area contributed by atoms with Crippen LogP contribution < -0.4 is 15.3 Å². The van der Waals surface area contributed by atoms with E-state index in [1.165, 1.54) is 27.3 Å². The molecule has 0 spiro atoms. The maximum atomic E-state index is 9.86. The lowest BCUT2D eigenvalue weighted by Crippen LogP contribution is -2.16. The fourth-order valence-electron chi connectivity index (χ4n) is 3.71. The third-order valence-corrected chi connectivity index (χ3v) is 6.98. The molecule has 0 fully saturated rings. The van der Waals surface area contributed by atoms with Crippen molar-refractivity contribution in [2.45, 2.75) is 26.6 Å². The molecule has 0 radical (unpaired) electrons. The van der Waals surface area contributed by atoms with Crippen LogP contribution in [0.5, 0.6) is 5.75 Å². The minimum atomic E-state index is 0.0495. The number of ether oxygens (including phenoxy) is 1. The minimum absolute atomic E-state index is 0.0495.